The molecule has 6 nitrogen and oxygen atoms in total. The first kappa shape index (κ1) is 14.7. The zero-order valence-electron chi connectivity index (χ0n) is 12.3. The van der Waals surface area contributed by atoms with Crippen molar-refractivity contribution in [1.29, 1.82) is 0 Å². The van der Waals surface area contributed by atoms with Crippen LogP contribution < -0.4 is 11.1 Å². The summed E-state index contributed by atoms with van der Waals surface area (Å²) in [6, 6.07) is 8.36. The Morgan fingerprint density at radius 2 is 2.09 bits per heavy atom. The lowest BCUT2D eigenvalue weighted by atomic mass is 10.1. The molecule has 1 aromatic carbocycles. The Morgan fingerprint density at radius 3 is 2.86 bits per heavy atom. The number of fused-ring (bicyclic) bond motifs is 1. The monoisotopic (exact) mass is 316 g/mol. The summed E-state index contributed by atoms with van der Waals surface area (Å²) < 4.78 is 1.96. The number of benzene rings is 1. The number of nitrogens with zero attached hydrogens (tertiary/aromatic N) is 4. The van der Waals surface area contributed by atoms with Crippen LogP contribution >= 0.6 is 11.6 Å². The molecule has 0 aliphatic heterocycles. The summed E-state index contributed by atoms with van der Waals surface area (Å²) in [7, 11) is 1.79. The molecule has 2 heterocycles. The number of rotatable bonds is 5. The molecule has 22 heavy (non-hydrogen) atoms. The molecule has 0 aliphatic carbocycles. The van der Waals surface area contributed by atoms with E-state index in [0.29, 0.717) is 30.1 Å². The second-order valence-electron chi connectivity index (χ2n) is 4.99. The largest absolute Gasteiger partial charge is 0.371 e. The van der Waals surface area contributed by atoms with Crippen molar-refractivity contribution >= 4 is 28.6 Å². The van der Waals surface area contributed by atoms with Gasteiger partial charge in [-0.25, -0.2) is 4.98 Å². The summed E-state index contributed by atoms with van der Waals surface area (Å²) in [5, 5.41) is 3.19. The molecule has 114 valence electrons. The Hall–Kier alpha value is -2.18. The van der Waals surface area contributed by atoms with Gasteiger partial charge in [0.25, 0.3) is 0 Å². The average molecular weight is 317 g/mol. The fraction of sp³-hybridized carbons (Fsp3) is 0.267. The van der Waals surface area contributed by atoms with Crippen LogP contribution in [0.3, 0.4) is 0 Å². The van der Waals surface area contributed by atoms with Crippen LogP contribution in [0, 0.1) is 0 Å². The molecule has 3 rings (SSSR count). The van der Waals surface area contributed by atoms with Crippen molar-refractivity contribution in [2.75, 3.05) is 18.9 Å². The van der Waals surface area contributed by atoms with E-state index in [1.54, 1.807) is 13.4 Å². The number of halogens is 1. The maximum atomic E-state index is 5.98. The van der Waals surface area contributed by atoms with Crippen LogP contribution in [0.4, 0.5) is 5.82 Å². The quantitative estimate of drug-likeness (QED) is 0.704. The summed E-state index contributed by atoms with van der Waals surface area (Å²) in [5.41, 5.74) is 9.45. The van der Waals surface area contributed by atoms with Gasteiger partial charge in [-0.1, -0.05) is 24.3 Å². The maximum absolute atomic E-state index is 5.98. The van der Waals surface area contributed by atoms with Gasteiger partial charge in [0.2, 0.25) is 5.28 Å². The Labute approximate surface area is 133 Å². The van der Waals surface area contributed by atoms with E-state index in [2.05, 4.69) is 38.5 Å². The lowest BCUT2D eigenvalue weighted by Gasteiger charge is -2.07. The number of nitrogens with one attached hydrogen (secondary N) is 1. The third kappa shape index (κ3) is 2.88. The number of hydrogen-bond donors (Lipinski definition) is 2. The van der Waals surface area contributed by atoms with Crippen molar-refractivity contribution in [2.45, 2.75) is 13.0 Å². The molecule has 7 heteroatoms. The highest BCUT2D eigenvalue weighted by atomic mass is 35.5. The molecule has 0 bridgehead atoms. The highest BCUT2D eigenvalue weighted by Gasteiger charge is 2.11. The minimum Gasteiger partial charge on any atom is -0.371 e. The molecular formula is C15H17ClN6. The molecule has 0 aliphatic rings. The second-order valence-corrected chi connectivity index (χ2v) is 5.33. The SMILES string of the molecule is CNc1nc(Cl)nc2c1ncn2Cc1cccc(CCN)c1. The van der Waals surface area contributed by atoms with Gasteiger partial charge in [-0.05, 0) is 35.7 Å². The van der Waals surface area contributed by atoms with Crippen molar-refractivity contribution < 1.29 is 0 Å². The topological polar surface area (TPSA) is 81.7 Å². The number of aromatic nitrogens is 4. The number of imidazole rings is 1. The first-order valence-corrected chi connectivity index (χ1v) is 7.43. The molecule has 3 N–H and O–H groups in total. The first-order chi connectivity index (χ1) is 10.7. The maximum Gasteiger partial charge on any atom is 0.226 e. The molecule has 0 saturated heterocycles. The smallest absolute Gasteiger partial charge is 0.226 e. The Morgan fingerprint density at radius 1 is 1.27 bits per heavy atom. The fourth-order valence-corrected chi connectivity index (χ4v) is 2.62. The number of nitrogens with two attached hydrogens (primary N) is 1. The molecule has 3 aromatic rings. The highest BCUT2D eigenvalue weighted by Crippen LogP contribution is 2.21. The highest BCUT2D eigenvalue weighted by molar-refractivity contribution is 6.28. The van der Waals surface area contributed by atoms with Crippen LogP contribution in [-0.4, -0.2) is 33.1 Å². The molecule has 0 amide bonds. The van der Waals surface area contributed by atoms with Gasteiger partial charge in [0.15, 0.2) is 17.0 Å². The van der Waals surface area contributed by atoms with E-state index < -0.39 is 0 Å². The van der Waals surface area contributed by atoms with Crippen LogP contribution in [0.15, 0.2) is 30.6 Å². The van der Waals surface area contributed by atoms with Gasteiger partial charge >= 0.3 is 0 Å². The Kier molecular flexibility index (Phi) is 4.22. The fourth-order valence-electron chi connectivity index (χ4n) is 2.45. The summed E-state index contributed by atoms with van der Waals surface area (Å²) in [4.78, 5) is 12.8. The summed E-state index contributed by atoms with van der Waals surface area (Å²) in [6.07, 6.45) is 2.63. The standard InChI is InChI=1S/C15H17ClN6/c1-18-13-12-14(21-15(16)20-13)22(9-19-12)8-11-4-2-3-10(7-11)5-6-17/h2-4,7,9H,5-6,8,17H2,1H3,(H,18,20,21). The van der Waals surface area contributed by atoms with Gasteiger partial charge < -0.3 is 15.6 Å². The van der Waals surface area contributed by atoms with E-state index in [1.807, 2.05) is 10.6 Å². The van der Waals surface area contributed by atoms with Gasteiger partial charge in [0.1, 0.15) is 0 Å². The van der Waals surface area contributed by atoms with Gasteiger partial charge in [-0.3, -0.25) is 0 Å². The van der Waals surface area contributed by atoms with Crippen LogP contribution in [0.5, 0.6) is 0 Å². The molecule has 0 radical (unpaired) electrons. The van der Waals surface area contributed by atoms with E-state index in [4.69, 9.17) is 17.3 Å². The van der Waals surface area contributed by atoms with Gasteiger partial charge in [0, 0.05) is 7.05 Å². The van der Waals surface area contributed by atoms with E-state index in [9.17, 15) is 0 Å². The van der Waals surface area contributed by atoms with Crippen LogP contribution in [0.25, 0.3) is 11.2 Å². The average Bonchev–Trinajstić information content (AvgIpc) is 2.90. The Bertz CT molecular complexity index is 798. The number of anilines is 1. The summed E-state index contributed by atoms with van der Waals surface area (Å²) in [6.45, 7) is 1.32. The van der Waals surface area contributed by atoms with Crippen molar-refractivity contribution in [1.82, 2.24) is 19.5 Å². The third-order valence-electron chi connectivity index (χ3n) is 3.45. The van der Waals surface area contributed by atoms with Gasteiger partial charge in [-0.15, -0.1) is 0 Å². The van der Waals surface area contributed by atoms with E-state index >= 15 is 0 Å². The van der Waals surface area contributed by atoms with Crippen LogP contribution in [-0.2, 0) is 13.0 Å². The van der Waals surface area contributed by atoms with Crippen molar-refractivity contribution in [3.8, 4) is 0 Å². The summed E-state index contributed by atoms with van der Waals surface area (Å²) >= 11 is 5.98. The zero-order chi connectivity index (χ0) is 15.5. The molecule has 0 unspecified atom stereocenters. The minimum absolute atomic E-state index is 0.204. The Balaban J connectivity index is 1.97. The van der Waals surface area contributed by atoms with Crippen molar-refractivity contribution in [3.05, 3.63) is 47.0 Å². The third-order valence-corrected chi connectivity index (χ3v) is 3.62. The lowest BCUT2D eigenvalue weighted by Crippen LogP contribution is -2.04. The minimum atomic E-state index is 0.204. The van der Waals surface area contributed by atoms with Gasteiger partial charge in [0.05, 0.1) is 12.9 Å². The van der Waals surface area contributed by atoms with Crippen LogP contribution in [0.2, 0.25) is 5.28 Å². The van der Waals surface area contributed by atoms with Gasteiger partial charge in [-0.2, -0.15) is 9.97 Å². The zero-order valence-corrected chi connectivity index (χ0v) is 13.0. The van der Waals surface area contributed by atoms with Crippen LogP contribution in [0.1, 0.15) is 11.1 Å². The molecule has 0 atom stereocenters. The molecule has 0 spiro atoms. The van der Waals surface area contributed by atoms with E-state index in [-0.39, 0.29) is 5.28 Å². The predicted molar refractivity (Wildman–Crippen MR) is 88.2 cm³/mol. The predicted octanol–water partition coefficient (Wildman–Crippen LogP) is 2.07. The first-order valence-electron chi connectivity index (χ1n) is 7.05. The van der Waals surface area contributed by atoms with Crippen molar-refractivity contribution in [2.24, 2.45) is 5.73 Å². The molecule has 0 fully saturated rings. The summed E-state index contributed by atoms with van der Waals surface area (Å²) in [5.74, 6) is 0.630. The molecular weight excluding hydrogens is 300 g/mol. The second kappa shape index (κ2) is 6.29. The van der Waals surface area contributed by atoms with Crippen molar-refractivity contribution in [3.63, 3.8) is 0 Å². The molecule has 2 aromatic heterocycles. The normalized spacial score (nSPS) is 11.0. The number of hydrogen-bond acceptors (Lipinski definition) is 5. The molecule has 0 saturated carbocycles. The van der Waals surface area contributed by atoms with E-state index in [0.717, 1.165) is 6.42 Å². The van der Waals surface area contributed by atoms with E-state index in [1.165, 1.54) is 11.1 Å². The lowest BCUT2D eigenvalue weighted by molar-refractivity contribution is 0.810.